The molecule has 2 aliphatic rings. The minimum absolute atomic E-state index is 0.185. The maximum absolute atomic E-state index is 12.5. The van der Waals surface area contributed by atoms with Crippen molar-refractivity contribution in [3.63, 3.8) is 0 Å². The highest BCUT2D eigenvalue weighted by atomic mass is 16.6. The normalized spacial score (nSPS) is 23.6. The van der Waals surface area contributed by atoms with Crippen LogP contribution in [0.1, 0.15) is 61.7 Å². The molecular formula is C26H30O10. The molecule has 1 aromatic rings. The van der Waals surface area contributed by atoms with E-state index in [4.69, 9.17) is 19.3 Å². The number of carbonyl (C=O) groups excluding carboxylic acids is 4. The van der Waals surface area contributed by atoms with Crippen LogP contribution in [0.2, 0.25) is 0 Å². The molecule has 0 spiro atoms. The van der Waals surface area contributed by atoms with Crippen molar-refractivity contribution in [2.75, 3.05) is 6.61 Å². The topological polar surface area (TPSA) is 142 Å². The predicted molar refractivity (Wildman–Crippen MR) is 124 cm³/mol. The molecule has 0 bridgehead atoms. The van der Waals surface area contributed by atoms with Crippen molar-refractivity contribution in [3.8, 4) is 5.75 Å². The summed E-state index contributed by atoms with van der Waals surface area (Å²) in [5.74, 6) is -3.53. The Morgan fingerprint density at radius 2 is 1.39 bits per heavy atom. The van der Waals surface area contributed by atoms with Gasteiger partial charge >= 0.3 is 29.8 Å². The molecule has 0 saturated heterocycles. The zero-order chi connectivity index (χ0) is 26.1. The molecule has 0 unspecified atom stereocenters. The van der Waals surface area contributed by atoms with Crippen molar-refractivity contribution >= 4 is 29.8 Å². The lowest BCUT2D eigenvalue weighted by Gasteiger charge is -2.30. The first-order valence-corrected chi connectivity index (χ1v) is 12.0. The van der Waals surface area contributed by atoms with Crippen LogP contribution in [0.25, 0.3) is 0 Å². The highest BCUT2D eigenvalue weighted by Gasteiger charge is 2.33. The molecule has 2 saturated carbocycles. The van der Waals surface area contributed by atoms with Crippen LogP contribution >= 0.6 is 0 Å². The van der Waals surface area contributed by atoms with Crippen molar-refractivity contribution in [2.45, 2.75) is 63.6 Å². The van der Waals surface area contributed by atoms with Crippen LogP contribution in [0.4, 0.5) is 0 Å². The molecule has 36 heavy (non-hydrogen) atoms. The lowest BCUT2D eigenvalue weighted by Crippen LogP contribution is -2.33. The fraction of sp³-hybridized carbons (Fsp3) is 0.500. The summed E-state index contributed by atoms with van der Waals surface area (Å²) in [7, 11) is 0. The number of carboxylic acid groups (broad SMARTS) is 1. The Labute approximate surface area is 208 Å². The fourth-order valence-electron chi connectivity index (χ4n) is 4.33. The lowest BCUT2D eigenvalue weighted by atomic mass is 9.82. The average molecular weight is 503 g/mol. The summed E-state index contributed by atoms with van der Waals surface area (Å²) in [4.78, 5) is 58.6. The highest BCUT2D eigenvalue weighted by molar-refractivity contribution is 5.90. The van der Waals surface area contributed by atoms with Crippen molar-refractivity contribution in [1.82, 2.24) is 0 Å². The number of ether oxygens (including phenoxy) is 4. The predicted octanol–water partition coefficient (Wildman–Crippen LogP) is 3.22. The number of esters is 4. The molecule has 0 aliphatic heterocycles. The van der Waals surface area contributed by atoms with Crippen LogP contribution in [0.15, 0.2) is 36.9 Å². The number of carboxylic acids is 1. The molecule has 1 N–H and O–H groups in total. The molecule has 2 aliphatic carbocycles. The van der Waals surface area contributed by atoms with Gasteiger partial charge in [-0.05, 0) is 75.6 Å². The van der Waals surface area contributed by atoms with E-state index in [0.29, 0.717) is 56.9 Å². The van der Waals surface area contributed by atoms with Crippen LogP contribution in [0.3, 0.4) is 0 Å². The standard InChI is InChI=1S/C26H30O10/c1-2-22(27)33-15-23(28)34-19-9-7-18(8-10-19)26(32)36-21-13-11-20(12-14-21)35-25(31)17-5-3-16(4-6-17)24(29)30/h2,7-10,16-17,20-21H,1,3-6,11-15H2,(H,29,30). The summed E-state index contributed by atoms with van der Waals surface area (Å²) < 4.78 is 20.8. The van der Waals surface area contributed by atoms with Gasteiger partial charge in [-0.1, -0.05) is 6.58 Å². The quantitative estimate of drug-likeness (QED) is 0.231. The van der Waals surface area contributed by atoms with Crippen molar-refractivity contribution < 1.29 is 48.0 Å². The van der Waals surface area contributed by atoms with Gasteiger partial charge in [-0.2, -0.15) is 0 Å². The summed E-state index contributed by atoms with van der Waals surface area (Å²) in [5.41, 5.74) is 0.290. The summed E-state index contributed by atoms with van der Waals surface area (Å²) >= 11 is 0. The van der Waals surface area contributed by atoms with Crippen LogP contribution < -0.4 is 4.74 Å². The Morgan fingerprint density at radius 1 is 0.833 bits per heavy atom. The van der Waals surface area contributed by atoms with Crippen LogP contribution in [-0.4, -0.2) is 53.8 Å². The molecule has 3 rings (SSSR count). The van der Waals surface area contributed by atoms with Gasteiger partial charge in [-0.25, -0.2) is 14.4 Å². The first kappa shape index (κ1) is 26.9. The Morgan fingerprint density at radius 3 is 1.94 bits per heavy atom. The maximum Gasteiger partial charge on any atom is 0.349 e. The summed E-state index contributed by atoms with van der Waals surface area (Å²) in [6.07, 6.45) is 4.75. The molecule has 0 amide bonds. The fourth-order valence-corrected chi connectivity index (χ4v) is 4.33. The summed E-state index contributed by atoms with van der Waals surface area (Å²) in [5, 5.41) is 9.08. The zero-order valence-electron chi connectivity index (χ0n) is 19.9. The van der Waals surface area contributed by atoms with E-state index in [1.54, 1.807) is 0 Å². The van der Waals surface area contributed by atoms with E-state index >= 15 is 0 Å². The molecular weight excluding hydrogens is 472 g/mol. The van der Waals surface area contributed by atoms with E-state index in [-0.39, 0.29) is 35.8 Å². The van der Waals surface area contributed by atoms with Gasteiger partial charge in [-0.3, -0.25) is 9.59 Å². The van der Waals surface area contributed by atoms with Gasteiger partial charge in [0.1, 0.15) is 18.0 Å². The lowest BCUT2D eigenvalue weighted by molar-refractivity contribution is -0.159. The smallest absolute Gasteiger partial charge is 0.349 e. The van der Waals surface area contributed by atoms with Crippen molar-refractivity contribution in [3.05, 3.63) is 42.5 Å². The first-order valence-electron chi connectivity index (χ1n) is 12.0. The minimum atomic E-state index is -0.808. The van der Waals surface area contributed by atoms with Crippen LogP contribution in [-0.2, 0) is 33.4 Å². The van der Waals surface area contributed by atoms with E-state index in [9.17, 15) is 24.0 Å². The Hall–Kier alpha value is -3.69. The number of hydrogen-bond donors (Lipinski definition) is 1. The van der Waals surface area contributed by atoms with Crippen LogP contribution in [0, 0.1) is 11.8 Å². The molecule has 10 heteroatoms. The van der Waals surface area contributed by atoms with Crippen LogP contribution in [0.5, 0.6) is 5.75 Å². The van der Waals surface area contributed by atoms with Gasteiger partial charge in [0, 0.05) is 6.08 Å². The monoisotopic (exact) mass is 502 g/mol. The van der Waals surface area contributed by atoms with Gasteiger partial charge in [0.05, 0.1) is 17.4 Å². The largest absolute Gasteiger partial charge is 0.481 e. The molecule has 1 aromatic carbocycles. The first-order chi connectivity index (χ1) is 17.2. The van der Waals surface area contributed by atoms with Gasteiger partial charge < -0.3 is 24.1 Å². The minimum Gasteiger partial charge on any atom is -0.481 e. The second-order valence-electron chi connectivity index (χ2n) is 8.94. The highest BCUT2D eigenvalue weighted by Crippen LogP contribution is 2.31. The second kappa shape index (κ2) is 12.9. The average Bonchev–Trinajstić information content (AvgIpc) is 2.88. The van der Waals surface area contributed by atoms with Crippen molar-refractivity contribution in [2.24, 2.45) is 11.8 Å². The Bertz CT molecular complexity index is 967. The molecule has 194 valence electrons. The Balaban J connectivity index is 1.37. The molecule has 0 radical (unpaired) electrons. The van der Waals surface area contributed by atoms with Gasteiger partial charge in [-0.15, -0.1) is 0 Å². The molecule has 10 nitrogen and oxygen atoms in total. The van der Waals surface area contributed by atoms with E-state index in [2.05, 4.69) is 11.3 Å². The number of benzene rings is 1. The third-order valence-corrected chi connectivity index (χ3v) is 6.41. The molecule has 2 fully saturated rings. The summed E-state index contributed by atoms with van der Waals surface area (Å²) in [6, 6.07) is 5.80. The molecule has 0 atom stereocenters. The third kappa shape index (κ3) is 7.93. The maximum atomic E-state index is 12.5. The van der Waals surface area contributed by atoms with Gasteiger partial charge in [0.15, 0.2) is 6.61 Å². The molecule has 0 aromatic heterocycles. The Kier molecular flexibility index (Phi) is 9.61. The van der Waals surface area contributed by atoms with E-state index in [1.807, 2.05) is 0 Å². The van der Waals surface area contributed by atoms with E-state index < -0.39 is 30.5 Å². The molecule has 0 heterocycles. The zero-order valence-corrected chi connectivity index (χ0v) is 19.9. The number of carbonyl (C=O) groups is 5. The van der Waals surface area contributed by atoms with Crippen molar-refractivity contribution in [1.29, 1.82) is 0 Å². The van der Waals surface area contributed by atoms with Gasteiger partial charge in [0.25, 0.3) is 0 Å². The number of hydrogen-bond acceptors (Lipinski definition) is 9. The number of aliphatic carboxylic acids is 1. The van der Waals surface area contributed by atoms with Gasteiger partial charge in [0.2, 0.25) is 0 Å². The SMILES string of the molecule is C=CC(=O)OCC(=O)Oc1ccc(C(=O)OC2CCC(OC(=O)C3CCC(C(=O)O)CC3)CC2)cc1. The number of rotatable bonds is 9. The second-order valence-corrected chi connectivity index (χ2v) is 8.94. The summed E-state index contributed by atoms with van der Waals surface area (Å²) in [6.45, 7) is 2.67. The third-order valence-electron chi connectivity index (χ3n) is 6.41. The van der Waals surface area contributed by atoms with E-state index in [1.165, 1.54) is 24.3 Å². The van der Waals surface area contributed by atoms with E-state index in [0.717, 1.165) is 6.08 Å².